The second-order valence-corrected chi connectivity index (χ2v) is 6.40. The number of amides is 1. The molecule has 1 aromatic rings. The first-order valence-electron chi connectivity index (χ1n) is 7.94. The largest absolute Gasteiger partial charge is 0.445 e. The summed E-state index contributed by atoms with van der Waals surface area (Å²) in [5.74, 6) is 0. The fourth-order valence-electron chi connectivity index (χ4n) is 3.67. The summed E-state index contributed by atoms with van der Waals surface area (Å²) in [4.78, 5) is 11.9. The third-order valence-electron chi connectivity index (χ3n) is 4.90. The van der Waals surface area contributed by atoms with Crippen LogP contribution in [0.15, 0.2) is 30.3 Å². The molecule has 1 atom stereocenters. The minimum absolute atomic E-state index is 0.283. The summed E-state index contributed by atoms with van der Waals surface area (Å²) in [7, 11) is 0. The molecule has 2 fully saturated rings. The lowest BCUT2D eigenvalue weighted by Crippen LogP contribution is -2.38. The van der Waals surface area contributed by atoms with Gasteiger partial charge < -0.3 is 15.4 Å². The molecule has 1 aliphatic carbocycles. The maximum absolute atomic E-state index is 11.9. The number of carbonyl (C=O) groups is 1. The summed E-state index contributed by atoms with van der Waals surface area (Å²) in [5, 5.41) is 6.46. The van der Waals surface area contributed by atoms with Crippen LogP contribution in [-0.2, 0) is 11.3 Å². The first-order valence-corrected chi connectivity index (χ1v) is 7.94. The highest BCUT2D eigenvalue weighted by Crippen LogP contribution is 2.44. The van der Waals surface area contributed by atoms with Crippen LogP contribution in [0.25, 0.3) is 0 Å². The van der Waals surface area contributed by atoms with Gasteiger partial charge in [0.2, 0.25) is 0 Å². The fourth-order valence-corrected chi connectivity index (χ4v) is 3.67. The van der Waals surface area contributed by atoms with E-state index in [0.717, 1.165) is 31.5 Å². The van der Waals surface area contributed by atoms with Crippen LogP contribution in [0.3, 0.4) is 0 Å². The van der Waals surface area contributed by atoms with Crippen molar-refractivity contribution in [3.63, 3.8) is 0 Å². The smallest absolute Gasteiger partial charge is 0.407 e. The van der Waals surface area contributed by atoms with Crippen LogP contribution in [0.1, 0.15) is 37.7 Å². The van der Waals surface area contributed by atoms with Crippen molar-refractivity contribution in [2.24, 2.45) is 5.41 Å². The average Bonchev–Trinajstić information content (AvgIpc) is 2.89. The molecule has 21 heavy (non-hydrogen) atoms. The number of hydrogen-bond donors (Lipinski definition) is 2. The topological polar surface area (TPSA) is 50.4 Å². The Morgan fingerprint density at radius 3 is 2.76 bits per heavy atom. The van der Waals surface area contributed by atoms with Crippen LogP contribution in [0, 0.1) is 5.41 Å². The van der Waals surface area contributed by atoms with E-state index in [0.29, 0.717) is 12.0 Å². The molecule has 1 aromatic carbocycles. The third kappa shape index (κ3) is 3.76. The van der Waals surface area contributed by atoms with Crippen molar-refractivity contribution in [2.75, 3.05) is 13.1 Å². The van der Waals surface area contributed by atoms with Gasteiger partial charge in [-0.2, -0.15) is 0 Å². The molecule has 1 amide bonds. The molecular formula is C17H24N2O2. The lowest BCUT2D eigenvalue weighted by Gasteiger charge is -2.34. The second kappa shape index (κ2) is 6.48. The lowest BCUT2D eigenvalue weighted by molar-refractivity contribution is 0.134. The molecule has 2 N–H and O–H groups in total. The number of alkyl carbamates (subject to hydrolysis) is 1. The third-order valence-corrected chi connectivity index (χ3v) is 4.90. The fraction of sp³-hybridized carbons (Fsp3) is 0.588. The number of piperidine rings is 1. The Kier molecular flexibility index (Phi) is 4.44. The van der Waals surface area contributed by atoms with Crippen LogP contribution in [-0.4, -0.2) is 25.2 Å². The van der Waals surface area contributed by atoms with Crippen LogP contribution in [0.2, 0.25) is 0 Å². The molecule has 3 rings (SSSR count). The first kappa shape index (κ1) is 14.4. The summed E-state index contributed by atoms with van der Waals surface area (Å²) in [6.07, 6.45) is 5.62. The van der Waals surface area contributed by atoms with Gasteiger partial charge in [0, 0.05) is 6.04 Å². The molecule has 1 saturated heterocycles. The van der Waals surface area contributed by atoms with Gasteiger partial charge in [-0.25, -0.2) is 4.79 Å². The van der Waals surface area contributed by atoms with E-state index in [-0.39, 0.29) is 12.1 Å². The molecule has 4 heteroatoms. The van der Waals surface area contributed by atoms with Crippen molar-refractivity contribution in [3.8, 4) is 0 Å². The van der Waals surface area contributed by atoms with Crippen LogP contribution >= 0.6 is 0 Å². The van der Waals surface area contributed by atoms with Crippen molar-refractivity contribution in [3.05, 3.63) is 35.9 Å². The van der Waals surface area contributed by atoms with E-state index in [9.17, 15) is 4.79 Å². The van der Waals surface area contributed by atoms with Crippen molar-refractivity contribution in [2.45, 2.75) is 44.8 Å². The van der Waals surface area contributed by atoms with Gasteiger partial charge >= 0.3 is 6.09 Å². The molecule has 1 unspecified atom stereocenters. The molecule has 1 aliphatic heterocycles. The highest BCUT2D eigenvalue weighted by Gasteiger charge is 2.40. The molecule has 114 valence electrons. The van der Waals surface area contributed by atoms with Crippen LogP contribution in [0.5, 0.6) is 0 Å². The summed E-state index contributed by atoms with van der Waals surface area (Å²) in [5.41, 5.74) is 1.48. The normalized spacial score (nSPS) is 23.9. The van der Waals surface area contributed by atoms with E-state index < -0.39 is 0 Å². The average molecular weight is 288 g/mol. The predicted octanol–water partition coefficient (Wildman–Crippen LogP) is 2.84. The highest BCUT2D eigenvalue weighted by molar-refractivity contribution is 5.67. The Balaban J connectivity index is 1.43. The number of ether oxygens (including phenoxy) is 1. The standard InChI is InChI=1S/C17H24N2O2/c20-16(21-13-14-4-2-1-3-5-14)19-15-6-7-17(12-15)8-10-18-11-9-17/h1-5,15,18H,6-13H2,(H,19,20). The highest BCUT2D eigenvalue weighted by atomic mass is 16.5. The van der Waals surface area contributed by atoms with E-state index in [1.165, 1.54) is 19.3 Å². The molecule has 4 nitrogen and oxygen atoms in total. The van der Waals surface area contributed by atoms with E-state index in [2.05, 4.69) is 10.6 Å². The monoisotopic (exact) mass is 288 g/mol. The Bertz CT molecular complexity index is 469. The molecule has 0 radical (unpaired) electrons. The summed E-state index contributed by atoms with van der Waals surface area (Å²) < 4.78 is 5.30. The van der Waals surface area contributed by atoms with Gasteiger partial charge in [0.25, 0.3) is 0 Å². The molecule has 0 bridgehead atoms. The first-order chi connectivity index (χ1) is 10.3. The Morgan fingerprint density at radius 2 is 2.00 bits per heavy atom. The van der Waals surface area contributed by atoms with E-state index in [1.807, 2.05) is 30.3 Å². The number of carbonyl (C=O) groups excluding carboxylic acids is 1. The minimum atomic E-state index is -0.283. The zero-order valence-corrected chi connectivity index (χ0v) is 12.4. The Labute approximate surface area is 126 Å². The minimum Gasteiger partial charge on any atom is -0.445 e. The van der Waals surface area contributed by atoms with Crippen molar-refractivity contribution in [1.29, 1.82) is 0 Å². The Morgan fingerprint density at radius 1 is 1.24 bits per heavy atom. The van der Waals surface area contributed by atoms with Gasteiger partial charge in [0.1, 0.15) is 6.61 Å². The number of hydrogen-bond acceptors (Lipinski definition) is 3. The van der Waals surface area contributed by atoms with E-state index in [4.69, 9.17) is 4.74 Å². The second-order valence-electron chi connectivity index (χ2n) is 6.40. The lowest BCUT2D eigenvalue weighted by atomic mass is 9.77. The number of rotatable bonds is 3. The molecular weight excluding hydrogens is 264 g/mol. The van der Waals surface area contributed by atoms with Gasteiger partial charge in [-0.15, -0.1) is 0 Å². The van der Waals surface area contributed by atoms with E-state index in [1.54, 1.807) is 0 Å². The zero-order chi connectivity index (χ0) is 14.5. The van der Waals surface area contributed by atoms with Crippen LogP contribution < -0.4 is 10.6 Å². The van der Waals surface area contributed by atoms with Crippen molar-refractivity contribution in [1.82, 2.24) is 10.6 Å². The Hall–Kier alpha value is -1.55. The van der Waals surface area contributed by atoms with Crippen molar-refractivity contribution < 1.29 is 9.53 Å². The zero-order valence-electron chi connectivity index (χ0n) is 12.4. The molecule has 2 aliphatic rings. The van der Waals surface area contributed by atoms with Gasteiger partial charge in [-0.3, -0.25) is 0 Å². The van der Waals surface area contributed by atoms with Crippen molar-refractivity contribution >= 4 is 6.09 Å². The molecule has 0 aromatic heterocycles. The molecule has 1 saturated carbocycles. The summed E-state index contributed by atoms with van der Waals surface area (Å²) in [6.45, 7) is 2.57. The summed E-state index contributed by atoms with van der Waals surface area (Å²) in [6, 6.07) is 10.1. The van der Waals surface area contributed by atoms with E-state index >= 15 is 0 Å². The van der Waals surface area contributed by atoms with Gasteiger partial charge in [-0.05, 0) is 56.2 Å². The van der Waals surface area contributed by atoms with Gasteiger partial charge in [-0.1, -0.05) is 30.3 Å². The van der Waals surface area contributed by atoms with Gasteiger partial charge in [0.15, 0.2) is 0 Å². The SMILES string of the molecule is O=C(NC1CCC2(CCNCC2)C1)OCc1ccccc1. The van der Waals surface area contributed by atoms with Crippen LogP contribution in [0.4, 0.5) is 4.79 Å². The number of nitrogens with one attached hydrogen (secondary N) is 2. The molecule has 1 spiro atoms. The maximum atomic E-state index is 11.9. The quantitative estimate of drug-likeness (QED) is 0.899. The molecule has 1 heterocycles. The maximum Gasteiger partial charge on any atom is 0.407 e. The van der Waals surface area contributed by atoms with Gasteiger partial charge in [0.05, 0.1) is 0 Å². The summed E-state index contributed by atoms with van der Waals surface area (Å²) >= 11 is 0. The predicted molar refractivity (Wildman–Crippen MR) is 81.9 cm³/mol. The number of benzene rings is 1.